The predicted octanol–water partition coefficient (Wildman–Crippen LogP) is 29.1. The van der Waals surface area contributed by atoms with Gasteiger partial charge in [-0.25, -0.2) is 28.2 Å². The molecule has 10 aromatic rings. The summed E-state index contributed by atoms with van der Waals surface area (Å²) in [6.45, 7) is 30.9. The van der Waals surface area contributed by atoms with Crippen molar-refractivity contribution in [3.8, 4) is 34.5 Å². The summed E-state index contributed by atoms with van der Waals surface area (Å²) < 4.78 is 38.9. The molecule has 0 spiro atoms. The number of halogens is 5. The molecule has 0 aliphatic carbocycles. The molecule has 127 heavy (non-hydrogen) atoms. The van der Waals surface area contributed by atoms with Gasteiger partial charge >= 0.3 is 0 Å². The Morgan fingerprint density at radius 2 is 0.772 bits per heavy atom. The second-order valence-electron chi connectivity index (χ2n) is 30.6. The number of anilines is 2. The number of unbranched alkanes of at least 4 members (excludes halogenated alkanes) is 18. The van der Waals surface area contributed by atoms with Crippen LogP contribution in [0.2, 0.25) is 0 Å². The fourth-order valence-corrected chi connectivity index (χ4v) is 13.6. The Kier molecular flexibility index (Phi) is 66.5. The molecule has 4 aromatic heterocycles. The average molecular weight is 2130 g/mol. The zero-order chi connectivity index (χ0) is 94.5. The van der Waals surface area contributed by atoms with E-state index in [1.54, 1.807) is 28.5 Å². The van der Waals surface area contributed by atoms with E-state index in [9.17, 15) is 20.2 Å². The molecule has 0 fully saturated rings. The molecule has 0 amide bonds. The summed E-state index contributed by atoms with van der Waals surface area (Å²) in [5.41, 5.74) is 52.2. The van der Waals surface area contributed by atoms with E-state index in [1.165, 1.54) is 130 Å². The average Bonchev–Trinajstić information content (AvgIpc) is 1.64. The highest BCUT2D eigenvalue weighted by atomic mass is 127. The standard InChI is InChI=1S/2C19H31N2O.C13H17BrN2O.C13H17N5O.C12H17BrN2O3.C6H12Br2.C6H6N2O3.C3H7I.2HN3/c2*1-6-7-8-9-12-22-17-10-11-18-19(13-17)21(16(4)5)14-20(18)15(2)3;14-7-3-1-2-4-8-17-11-5-6-12-13(9-11)16-10-15-12;14-18-17-7-3-1-2-4-8-19-11-5-6-12-13(9-11)16-10-15-12;13-7-3-1-2-4-8-18-10-5-6-11(14)12(9-10)15(16)17;7-5-3-1-2-4-6-8;7-5-2-1-4(9)3-6(5)8(10)11;1-3(2)4;2*1-3-2/h2*10-11,13-16H,6-9,12H2,1-5H3;5-6,9-10H,1-4,7-8H2,(H,15,16);5-6,9-10H,1-4,7-8H2,(H,15,16);5-6,9H,1-4,7-8,14H2;1-6H2;1-3,9H,7H2;3H,1-2H3;2*1H/q2*+1;;;;;;;;. The number of alkyl halides is 5. The van der Waals surface area contributed by atoms with E-state index in [2.05, 4.69) is 267 Å². The third-order valence-electron chi connectivity index (χ3n) is 18.6. The molecule has 31 nitrogen and oxygen atoms in total. The Hall–Kier alpha value is -9.02. The van der Waals surface area contributed by atoms with E-state index >= 15 is 0 Å². The molecule has 0 aliphatic rings. The normalized spacial score (nSPS) is 10.4. The van der Waals surface area contributed by atoms with Crippen molar-refractivity contribution in [2.24, 2.45) is 5.11 Å². The molecule has 0 aliphatic heterocycles. The summed E-state index contributed by atoms with van der Waals surface area (Å²) in [5, 5.41) is 37.7. The molecule has 0 saturated heterocycles. The number of nitro groups is 2. The predicted molar refractivity (Wildman–Crippen MR) is 542 cm³/mol. The first-order valence-electron chi connectivity index (χ1n) is 43.9. The number of phenolic OH excluding ortho intramolecular Hbond substituents is 1. The van der Waals surface area contributed by atoms with E-state index in [1.807, 2.05) is 36.4 Å². The van der Waals surface area contributed by atoms with Gasteiger partial charge in [0.25, 0.3) is 11.4 Å². The monoisotopic (exact) mass is 2130 g/mol. The van der Waals surface area contributed by atoms with E-state index in [-0.39, 0.29) is 28.5 Å². The van der Waals surface area contributed by atoms with Crippen molar-refractivity contribution in [2.75, 3.05) is 72.4 Å². The van der Waals surface area contributed by atoms with Crippen LogP contribution in [0.5, 0.6) is 34.5 Å². The van der Waals surface area contributed by atoms with Crippen LogP contribution in [0.1, 0.15) is 261 Å². The van der Waals surface area contributed by atoms with E-state index < -0.39 is 9.85 Å². The zero-order valence-electron chi connectivity index (χ0n) is 76.5. The first kappa shape index (κ1) is 116. The maximum atomic E-state index is 10.7. The number of nitrogens with one attached hydrogen (secondary N) is 4. The van der Waals surface area contributed by atoms with Crippen molar-refractivity contribution < 1.29 is 47.8 Å². The topological polar surface area (TPSA) is 449 Å². The third-order valence-corrected chi connectivity index (χ3v) is 20.8. The van der Waals surface area contributed by atoms with Crippen molar-refractivity contribution in [1.29, 1.82) is 11.1 Å². The molecule has 9 N–H and O–H groups in total. The number of rotatable bonds is 45. The van der Waals surface area contributed by atoms with Gasteiger partial charge in [-0.15, -0.1) is 11.1 Å². The Morgan fingerprint density at radius 1 is 0.472 bits per heavy atom. The molecular weight excluding hydrogens is 1990 g/mol. The zero-order valence-corrected chi connectivity index (χ0v) is 85.0. The van der Waals surface area contributed by atoms with Crippen molar-refractivity contribution in [3.63, 3.8) is 0 Å². The number of hydrogen-bond donors (Lipinski definition) is 7. The summed E-state index contributed by atoms with van der Waals surface area (Å²) in [7, 11) is 0. The van der Waals surface area contributed by atoms with Crippen LogP contribution in [0.25, 0.3) is 75.5 Å². The molecule has 0 saturated carbocycles. The second-order valence-corrected chi connectivity index (χ2v) is 36.3. The van der Waals surface area contributed by atoms with Gasteiger partial charge in [-0.05, 0) is 219 Å². The van der Waals surface area contributed by atoms with Crippen LogP contribution < -0.4 is 44.3 Å². The number of aromatic hydroxyl groups is 1. The van der Waals surface area contributed by atoms with Crippen LogP contribution >= 0.6 is 86.3 Å². The van der Waals surface area contributed by atoms with Gasteiger partial charge in [0.2, 0.25) is 12.7 Å². The minimum absolute atomic E-state index is 0.0489. The number of imidazole rings is 4. The highest BCUT2D eigenvalue weighted by molar-refractivity contribution is 14.1. The highest BCUT2D eigenvalue weighted by Crippen LogP contribution is 2.30. The van der Waals surface area contributed by atoms with Gasteiger partial charge in [0.1, 0.15) is 45.9 Å². The molecule has 0 atom stereocenters. The van der Waals surface area contributed by atoms with Crippen LogP contribution in [0, 0.1) is 31.3 Å². The van der Waals surface area contributed by atoms with Crippen LogP contribution in [0.15, 0.2) is 140 Å². The lowest BCUT2D eigenvalue weighted by molar-refractivity contribution is -0.692. The number of ether oxygens (including phenoxy) is 5. The minimum Gasteiger partial charge on any atom is -0.508 e. The molecule has 0 bridgehead atoms. The molecule has 702 valence electrons. The van der Waals surface area contributed by atoms with Gasteiger partial charge in [-0.1, -0.05) is 209 Å². The number of aromatic amines is 2. The summed E-state index contributed by atoms with van der Waals surface area (Å²) in [6.07, 6.45) is 36.5. The van der Waals surface area contributed by atoms with Gasteiger partial charge in [0.05, 0.1) is 114 Å². The van der Waals surface area contributed by atoms with E-state index in [4.69, 9.17) is 67.9 Å². The fourth-order valence-electron chi connectivity index (χ4n) is 12.0. The van der Waals surface area contributed by atoms with Crippen LogP contribution in [0.3, 0.4) is 0 Å². The largest absolute Gasteiger partial charge is 0.508 e. The Labute approximate surface area is 798 Å². The number of benzene rings is 6. The quantitative estimate of drug-likeness (QED) is 0.00159. The third kappa shape index (κ3) is 51.1. The smallest absolute Gasteiger partial charge is 0.295 e. The number of nitrogens with two attached hydrogens (primary N) is 2. The SMILES string of the molecule is BrCCCCCCBr.BrCCCCCCOc1ccc2nc[nH]c2c1.CC(C)I.CCCCCCOc1ccc2c(c1)n(C(C)C)c[n+]2C(C)C.CCCCCCOc1ccc2c(c1)n(C(C)C)c[n+]2C(C)C.Nc1ccc(O)cc1[N+](=O)[O-].Nc1ccc(OCCCCCCBr)cc1[N+](=O)[O-].[N-]=[N+]=N.[N-]=[N+]=N.[N-]=[N+]=NCCCCCCOc1ccc2nc[nH]c2c1. The van der Waals surface area contributed by atoms with Gasteiger partial charge in [0, 0.05) is 61.0 Å². The summed E-state index contributed by atoms with van der Waals surface area (Å²) >= 11 is 15.9. The Morgan fingerprint density at radius 3 is 1.09 bits per heavy atom. The first-order valence-corrected chi connectivity index (χ1v) is 49.6. The summed E-state index contributed by atoms with van der Waals surface area (Å²) in [5.74, 6) is 4.09. The number of nitro benzene ring substituents is 2. The van der Waals surface area contributed by atoms with Crippen molar-refractivity contribution in [1.82, 2.24) is 29.1 Å². The van der Waals surface area contributed by atoms with Crippen LogP contribution in [-0.4, -0.2) is 109 Å². The molecular formula is C91H140Br4IN21O10+2. The van der Waals surface area contributed by atoms with Gasteiger partial charge in [0.15, 0.2) is 22.1 Å². The van der Waals surface area contributed by atoms with Crippen LogP contribution in [-0.2, 0) is 0 Å². The van der Waals surface area contributed by atoms with Crippen molar-refractivity contribution >= 4 is 153 Å². The molecule has 36 heteroatoms. The molecule has 0 radical (unpaired) electrons. The number of nitrogens with zero attached hydrogens (tertiary/aromatic N) is 15. The maximum Gasteiger partial charge on any atom is 0.295 e. The number of nitrogen functional groups attached to an aromatic ring is 2. The minimum atomic E-state index is -0.644. The molecule has 6 aromatic carbocycles. The Balaban J connectivity index is 0.000000738. The number of phenols is 1. The first-order chi connectivity index (χ1) is 61.1. The fraction of sp³-hybridized carbons (Fsp3) is 0.560. The Bertz CT molecular complexity index is 4590. The number of aromatic nitrogens is 8. The van der Waals surface area contributed by atoms with Crippen molar-refractivity contribution in [3.05, 3.63) is 186 Å². The van der Waals surface area contributed by atoms with Crippen LogP contribution in [0.4, 0.5) is 22.7 Å². The lowest BCUT2D eigenvalue weighted by Gasteiger charge is -2.06. The lowest BCUT2D eigenvalue weighted by Crippen LogP contribution is -2.34. The van der Waals surface area contributed by atoms with Gasteiger partial charge in [-0.2, -0.15) is 0 Å². The summed E-state index contributed by atoms with van der Waals surface area (Å²) in [4.78, 5) is 40.4. The number of azide groups is 1. The number of H-pyrrole nitrogens is 2. The van der Waals surface area contributed by atoms with E-state index in [0.717, 1.165) is 167 Å². The lowest BCUT2D eigenvalue weighted by atomic mass is 10.2. The highest BCUT2D eigenvalue weighted by Gasteiger charge is 2.23. The summed E-state index contributed by atoms with van der Waals surface area (Å²) in [6, 6.07) is 34.7. The molecule has 4 heterocycles. The number of hydrogen-bond acceptors (Lipinski definition) is 17. The van der Waals surface area contributed by atoms with Gasteiger partial charge in [-0.3, -0.25) is 20.2 Å². The molecule has 0 unspecified atom stereocenters. The molecule has 10 rings (SSSR count). The van der Waals surface area contributed by atoms with Crippen molar-refractivity contribution in [2.45, 2.75) is 265 Å². The maximum absolute atomic E-state index is 10.7. The second kappa shape index (κ2) is 72.8. The number of fused-ring (bicyclic) bond motifs is 4. The van der Waals surface area contributed by atoms with E-state index in [0.29, 0.717) is 49.7 Å². The van der Waals surface area contributed by atoms with Gasteiger partial charge < -0.3 is 50.2 Å².